The predicted octanol–water partition coefficient (Wildman–Crippen LogP) is 4.34. The van der Waals surface area contributed by atoms with Crippen LogP contribution in [0.25, 0.3) is 0 Å². The summed E-state index contributed by atoms with van der Waals surface area (Å²) < 4.78 is 85.8. The van der Waals surface area contributed by atoms with Gasteiger partial charge in [-0.2, -0.15) is 17.6 Å². The molecule has 3 rings (SSSR count). The lowest BCUT2D eigenvalue weighted by molar-refractivity contribution is -0.272. The van der Waals surface area contributed by atoms with Crippen molar-refractivity contribution in [2.75, 3.05) is 20.3 Å². The zero-order valence-electron chi connectivity index (χ0n) is 18.6. The Morgan fingerprint density at radius 1 is 1.25 bits per heavy atom. The zero-order valence-corrected chi connectivity index (χ0v) is 18.6. The Morgan fingerprint density at radius 3 is 2.44 bits per heavy atom. The first-order valence-electron chi connectivity index (χ1n) is 10.4. The summed E-state index contributed by atoms with van der Waals surface area (Å²) in [6.45, 7) is 6.57. The van der Waals surface area contributed by atoms with Crippen LogP contribution in [0.3, 0.4) is 0 Å². The smallest absolute Gasteiger partial charge is 0.417 e. The summed E-state index contributed by atoms with van der Waals surface area (Å²) in [5, 5.41) is 2.66. The minimum absolute atomic E-state index is 0.00183. The molecule has 1 aromatic carbocycles. The second kappa shape index (κ2) is 8.44. The Kier molecular flexibility index (Phi) is 6.52. The quantitative estimate of drug-likeness (QED) is 0.658. The van der Waals surface area contributed by atoms with Crippen molar-refractivity contribution < 1.29 is 41.0 Å². The molecule has 0 unspecified atom stereocenters. The van der Waals surface area contributed by atoms with E-state index in [1.54, 1.807) is 0 Å². The van der Waals surface area contributed by atoms with Crippen LogP contribution in [0.5, 0.6) is 5.75 Å². The fraction of sp³-hybridized carbons (Fsp3) is 0.682. The van der Waals surface area contributed by atoms with Gasteiger partial charge in [0.25, 0.3) is 0 Å². The number of alkyl halides is 3. The van der Waals surface area contributed by atoms with Gasteiger partial charge in [0.15, 0.2) is 17.2 Å². The predicted molar refractivity (Wildman–Crippen MR) is 105 cm³/mol. The number of hydrogen-bond donors (Lipinski definition) is 1. The van der Waals surface area contributed by atoms with Crippen molar-refractivity contribution in [2.24, 2.45) is 11.8 Å². The van der Waals surface area contributed by atoms with Crippen LogP contribution in [0.4, 0.5) is 22.0 Å². The van der Waals surface area contributed by atoms with E-state index in [0.717, 1.165) is 26.2 Å². The number of methoxy groups -OCH3 is 1. The number of benzene rings is 1. The number of hydrogen-bond acceptors (Lipinski definition) is 4. The molecule has 2 aliphatic heterocycles. The molecule has 0 bridgehead atoms. The molecule has 0 spiro atoms. The van der Waals surface area contributed by atoms with Crippen LogP contribution in [0, 0.1) is 23.5 Å². The van der Waals surface area contributed by atoms with Gasteiger partial charge in [0.2, 0.25) is 11.7 Å². The largest absolute Gasteiger partial charge is 0.493 e. The maximum Gasteiger partial charge on any atom is 0.417 e. The molecule has 1 N–H and O–H groups in total. The van der Waals surface area contributed by atoms with E-state index in [-0.39, 0.29) is 23.6 Å². The van der Waals surface area contributed by atoms with Gasteiger partial charge in [-0.25, -0.2) is 4.39 Å². The summed E-state index contributed by atoms with van der Waals surface area (Å²) in [5.74, 6) is -6.35. The molecular formula is C22H28F5NO4. The Labute approximate surface area is 183 Å². The van der Waals surface area contributed by atoms with Gasteiger partial charge in [-0.05, 0) is 33.3 Å². The first-order valence-corrected chi connectivity index (χ1v) is 10.4. The van der Waals surface area contributed by atoms with Gasteiger partial charge >= 0.3 is 6.18 Å². The van der Waals surface area contributed by atoms with Crippen molar-refractivity contribution in [3.05, 3.63) is 29.3 Å². The Hall–Kier alpha value is -1.94. The SMILES string of the molecule is COc1c([C@H]2[C@H](C(=O)NC[C@@H]3COC(C)(C)C3)O[C@@](C)(C(F)(F)F)[C@H]2C)ccc(F)c1F. The molecular weight excluding hydrogens is 437 g/mol. The normalized spacial score (nSPS) is 32.2. The fourth-order valence-electron chi connectivity index (χ4n) is 4.67. The summed E-state index contributed by atoms with van der Waals surface area (Å²) in [5.41, 5.74) is -3.07. The molecule has 0 radical (unpaired) electrons. The van der Waals surface area contributed by atoms with E-state index in [0.29, 0.717) is 13.0 Å². The molecule has 0 aliphatic carbocycles. The Bertz CT molecular complexity index is 875. The van der Waals surface area contributed by atoms with E-state index in [1.807, 2.05) is 13.8 Å². The number of carbonyl (C=O) groups is 1. The molecule has 10 heteroatoms. The minimum Gasteiger partial charge on any atom is -0.493 e. The topological polar surface area (TPSA) is 56.8 Å². The Balaban J connectivity index is 1.93. The molecule has 2 saturated heterocycles. The highest BCUT2D eigenvalue weighted by Gasteiger charge is 2.65. The number of rotatable bonds is 5. The highest BCUT2D eigenvalue weighted by atomic mass is 19.4. The van der Waals surface area contributed by atoms with Crippen molar-refractivity contribution in [2.45, 2.75) is 63.5 Å². The van der Waals surface area contributed by atoms with Gasteiger partial charge in [-0.1, -0.05) is 13.0 Å². The van der Waals surface area contributed by atoms with Gasteiger partial charge in [-0.3, -0.25) is 4.79 Å². The molecule has 5 atom stereocenters. The standard InChI is InChI=1S/C22H28F5NO4/c1-11-15(13-6-7-14(23)16(24)17(13)30-5)18(32-21(11,4)22(25,26)27)19(29)28-9-12-8-20(2,3)31-10-12/h6-7,11-12,15,18H,8-10H2,1-5H3,(H,28,29)/t11-,12+,15-,18+,21+/m0/s1. The van der Waals surface area contributed by atoms with Crippen LogP contribution in [-0.4, -0.2) is 49.7 Å². The van der Waals surface area contributed by atoms with Crippen LogP contribution >= 0.6 is 0 Å². The van der Waals surface area contributed by atoms with Gasteiger partial charge < -0.3 is 19.5 Å². The number of amides is 1. The van der Waals surface area contributed by atoms with E-state index in [2.05, 4.69) is 5.32 Å². The van der Waals surface area contributed by atoms with Crippen LogP contribution < -0.4 is 10.1 Å². The maximum atomic E-state index is 14.3. The third-order valence-electron chi connectivity index (χ3n) is 6.63. The van der Waals surface area contributed by atoms with Crippen LogP contribution in [0.2, 0.25) is 0 Å². The Morgan fingerprint density at radius 2 is 1.91 bits per heavy atom. The minimum atomic E-state index is -4.80. The van der Waals surface area contributed by atoms with Gasteiger partial charge in [0, 0.05) is 29.9 Å². The number of carbonyl (C=O) groups excluding carboxylic acids is 1. The summed E-state index contributed by atoms with van der Waals surface area (Å²) in [6.07, 6.45) is -5.70. The number of nitrogens with one attached hydrogen (secondary N) is 1. The molecule has 180 valence electrons. The molecule has 0 saturated carbocycles. The average Bonchev–Trinajstić information content (AvgIpc) is 3.19. The summed E-state index contributed by atoms with van der Waals surface area (Å²) >= 11 is 0. The highest BCUT2D eigenvalue weighted by molar-refractivity contribution is 5.83. The number of halogens is 5. The van der Waals surface area contributed by atoms with E-state index in [4.69, 9.17) is 14.2 Å². The fourth-order valence-corrected chi connectivity index (χ4v) is 4.67. The van der Waals surface area contributed by atoms with Crippen molar-refractivity contribution in [1.29, 1.82) is 0 Å². The maximum absolute atomic E-state index is 14.3. The third-order valence-corrected chi connectivity index (χ3v) is 6.63. The summed E-state index contributed by atoms with van der Waals surface area (Å²) in [7, 11) is 1.09. The molecule has 0 aromatic heterocycles. The molecule has 1 amide bonds. The van der Waals surface area contributed by atoms with Gasteiger partial charge in [0.1, 0.15) is 6.10 Å². The van der Waals surface area contributed by atoms with Crippen LogP contribution in [-0.2, 0) is 14.3 Å². The molecule has 1 aromatic rings. The van der Waals surface area contributed by atoms with Gasteiger partial charge in [0.05, 0.1) is 19.3 Å². The molecule has 5 nitrogen and oxygen atoms in total. The summed E-state index contributed by atoms with van der Waals surface area (Å²) in [4.78, 5) is 13.0. The van der Waals surface area contributed by atoms with Crippen LogP contribution in [0.1, 0.15) is 45.6 Å². The lowest BCUT2D eigenvalue weighted by Crippen LogP contribution is -2.47. The van der Waals surface area contributed by atoms with Crippen LogP contribution in [0.15, 0.2) is 12.1 Å². The lowest BCUT2D eigenvalue weighted by Gasteiger charge is -2.32. The first kappa shape index (κ1) is 24.7. The lowest BCUT2D eigenvalue weighted by atomic mass is 9.77. The van der Waals surface area contributed by atoms with E-state index >= 15 is 0 Å². The van der Waals surface area contributed by atoms with Gasteiger partial charge in [-0.15, -0.1) is 0 Å². The summed E-state index contributed by atoms with van der Waals surface area (Å²) in [6, 6.07) is 1.94. The van der Waals surface area contributed by atoms with E-state index in [1.165, 1.54) is 6.92 Å². The van der Waals surface area contributed by atoms with E-state index < -0.39 is 53.0 Å². The van der Waals surface area contributed by atoms with Crippen molar-refractivity contribution >= 4 is 5.91 Å². The first-order chi connectivity index (χ1) is 14.7. The van der Waals surface area contributed by atoms with Crippen molar-refractivity contribution in [3.63, 3.8) is 0 Å². The van der Waals surface area contributed by atoms with Crippen molar-refractivity contribution in [1.82, 2.24) is 5.32 Å². The molecule has 2 aliphatic rings. The molecule has 32 heavy (non-hydrogen) atoms. The second-order valence-electron chi connectivity index (χ2n) is 9.33. The monoisotopic (exact) mass is 465 g/mol. The van der Waals surface area contributed by atoms with Crippen molar-refractivity contribution in [3.8, 4) is 5.75 Å². The average molecular weight is 465 g/mol. The zero-order chi connectivity index (χ0) is 24.1. The van der Waals surface area contributed by atoms with E-state index in [9.17, 15) is 26.7 Å². The highest BCUT2D eigenvalue weighted by Crippen LogP contribution is 2.54. The molecule has 2 heterocycles. The number of ether oxygens (including phenoxy) is 3. The second-order valence-corrected chi connectivity index (χ2v) is 9.33. The molecule has 2 fully saturated rings. The third kappa shape index (κ3) is 4.31.